The van der Waals surface area contributed by atoms with Crippen molar-refractivity contribution >= 4 is 17.7 Å². The van der Waals surface area contributed by atoms with E-state index >= 15 is 0 Å². The number of carboxylic acids is 1. The van der Waals surface area contributed by atoms with Crippen LogP contribution in [0.5, 0.6) is 0 Å². The Bertz CT molecular complexity index is 675. The fourth-order valence-electron chi connectivity index (χ4n) is 1.82. The highest BCUT2D eigenvalue weighted by molar-refractivity contribution is 5.85. The second-order valence-electron chi connectivity index (χ2n) is 4.07. The van der Waals surface area contributed by atoms with E-state index in [-0.39, 0.29) is 5.69 Å². The zero-order valence-electron chi connectivity index (χ0n) is 10.4. The third kappa shape index (κ3) is 3.08. The average Bonchev–Trinajstić information content (AvgIpc) is 2.45. The smallest absolute Gasteiger partial charge is 0.328 e. The quantitative estimate of drug-likeness (QED) is 0.524. The number of carbonyl (C=O) groups is 1. The molecule has 0 spiro atoms. The summed E-state index contributed by atoms with van der Waals surface area (Å²) in [6.45, 7) is 0. The second-order valence-corrected chi connectivity index (χ2v) is 4.07. The molecule has 1 N–H and O–H groups in total. The van der Waals surface area contributed by atoms with E-state index in [9.17, 15) is 14.9 Å². The predicted octanol–water partition coefficient (Wildman–Crippen LogP) is 3.36. The van der Waals surface area contributed by atoms with Crippen LogP contribution in [0.2, 0.25) is 0 Å². The molecule has 0 heterocycles. The maximum absolute atomic E-state index is 11.0. The van der Waals surface area contributed by atoms with Gasteiger partial charge in [0.1, 0.15) is 0 Å². The van der Waals surface area contributed by atoms with Crippen molar-refractivity contribution in [2.45, 2.75) is 0 Å². The van der Waals surface area contributed by atoms with E-state index in [0.717, 1.165) is 11.6 Å². The van der Waals surface area contributed by atoms with Crippen LogP contribution in [0.25, 0.3) is 17.2 Å². The van der Waals surface area contributed by atoms with Gasteiger partial charge in [0, 0.05) is 12.1 Å². The first-order chi connectivity index (χ1) is 9.58. The van der Waals surface area contributed by atoms with Crippen LogP contribution in [0.15, 0.2) is 54.6 Å². The van der Waals surface area contributed by atoms with E-state index in [2.05, 4.69) is 0 Å². The number of rotatable bonds is 4. The molecule has 0 saturated carbocycles. The maximum Gasteiger partial charge on any atom is 0.328 e. The van der Waals surface area contributed by atoms with Gasteiger partial charge in [-0.25, -0.2) is 4.79 Å². The summed E-state index contributed by atoms with van der Waals surface area (Å²) in [7, 11) is 0. The Balaban J connectivity index is 2.36. The molecule has 5 nitrogen and oxygen atoms in total. The third-order valence-corrected chi connectivity index (χ3v) is 2.74. The predicted molar refractivity (Wildman–Crippen MR) is 75.2 cm³/mol. The summed E-state index contributed by atoms with van der Waals surface area (Å²) >= 11 is 0. The number of aliphatic carboxylic acids is 1. The monoisotopic (exact) mass is 269 g/mol. The topological polar surface area (TPSA) is 80.4 Å². The van der Waals surface area contributed by atoms with Gasteiger partial charge in [-0.05, 0) is 23.3 Å². The molecule has 0 bridgehead atoms. The molecule has 0 fully saturated rings. The van der Waals surface area contributed by atoms with Gasteiger partial charge < -0.3 is 5.11 Å². The minimum atomic E-state index is -1.02. The summed E-state index contributed by atoms with van der Waals surface area (Å²) in [5, 5.41) is 19.5. The maximum atomic E-state index is 11.0. The van der Waals surface area contributed by atoms with E-state index in [1.807, 2.05) is 0 Å². The van der Waals surface area contributed by atoms with Crippen molar-refractivity contribution in [3.63, 3.8) is 0 Å². The Morgan fingerprint density at radius 3 is 2.35 bits per heavy atom. The van der Waals surface area contributed by atoms with E-state index in [0.29, 0.717) is 11.1 Å². The first kappa shape index (κ1) is 13.5. The van der Waals surface area contributed by atoms with E-state index in [4.69, 9.17) is 5.11 Å². The molecule has 2 rings (SSSR count). The molecule has 5 heteroatoms. The van der Waals surface area contributed by atoms with Crippen LogP contribution >= 0.6 is 0 Å². The van der Waals surface area contributed by atoms with Crippen LogP contribution < -0.4 is 0 Å². The SMILES string of the molecule is O=C(O)C=Cc1ccc(-c2ccccc2[N+](=O)[O-])cc1. The number of hydrogen-bond acceptors (Lipinski definition) is 3. The van der Waals surface area contributed by atoms with Gasteiger partial charge in [-0.3, -0.25) is 10.1 Å². The lowest BCUT2D eigenvalue weighted by Crippen LogP contribution is -1.91. The number of benzene rings is 2. The van der Waals surface area contributed by atoms with Crippen molar-refractivity contribution in [3.05, 3.63) is 70.3 Å². The molecular weight excluding hydrogens is 258 g/mol. The van der Waals surface area contributed by atoms with Crippen LogP contribution in [0, 0.1) is 10.1 Å². The van der Waals surface area contributed by atoms with Gasteiger partial charge in [0.05, 0.1) is 10.5 Å². The first-order valence-corrected chi connectivity index (χ1v) is 5.83. The van der Waals surface area contributed by atoms with Crippen LogP contribution in [-0.2, 0) is 4.79 Å². The summed E-state index contributed by atoms with van der Waals surface area (Å²) < 4.78 is 0. The molecule has 0 unspecified atom stereocenters. The number of carboxylic acid groups (broad SMARTS) is 1. The highest BCUT2D eigenvalue weighted by Crippen LogP contribution is 2.29. The molecule has 0 radical (unpaired) electrons. The highest BCUT2D eigenvalue weighted by atomic mass is 16.6. The van der Waals surface area contributed by atoms with Crippen molar-refractivity contribution in [1.29, 1.82) is 0 Å². The van der Waals surface area contributed by atoms with Crippen molar-refractivity contribution in [3.8, 4) is 11.1 Å². The molecular formula is C15H11NO4. The lowest BCUT2D eigenvalue weighted by Gasteiger charge is -2.03. The standard InChI is InChI=1S/C15H11NO4/c17-15(18)10-7-11-5-8-12(9-6-11)13-3-1-2-4-14(13)16(19)20/h1-10H,(H,17,18). The largest absolute Gasteiger partial charge is 0.478 e. The van der Waals surface area contributed by atoms with Gasteiger partial charge in [-0.2, -0.15) is 0 Å². The van der Waals surface area contributed by atoms with Gasteiger partial charge in [0.2, 0.25) is 0 Å². The lowest BCUT2D eigenvalue weighted by molar-refractivity contribution is -0.384. The number of nitrogens with zero attached hydrogens (tertiary/aromatic N) is 1. The Hall–Kier alpha value is -2.95. The van der Waals surface area contributed by atoms with Crippen molar-refractivity contribution in [2.75, 3.05) is 0 Å². The van der Waals surface area contributed by atoms with Crippen LogP contribution in [-0.4, -0.2) is 16.0 Å². The minimum absolute atomic E-state index is 0.0429. The minimum Gasteiger partial charge on any atom is -0.478 e. The normalized spacial score (nSPS) is 10.6. The van der Waals surface area contributed by atoms with Gasteiger partial charge in [-0.1, -0.05) is 36.4 Å². The Morgan fingerprint density at radius 1 is 1.10 bits per heavy atom. The molecule has 0 amide bonds. The Kier molecular flexibility index (Phi) is 3.91. The Morgan fingerprint density at radius 2 is 1.75 bits per heavy atom. The third-order valence-electron chi connectivity index (χ3n) is 2.74. The molecule has 0 aliphatic rings. The number of nitro benzene ring substituents is 1. The van der Waals surface area contributed by atoms with Gasteiger partial charge in [-0.15, -0.1) is 0 Å². The van der Waals surface area contributed by atoms with Crippen LogP contribution in [0.4, 0.5) is 5.69 Å². The molecule has 0 atom stereocenters. The van der Waals surface area contributed by atoms with Gasteiger partial charge >= 0.3 is 5.97 Å². The van der Waals surface area contributed by atoms with Crippen LogP contribution in [0.3, 0.4) is 0 Å². The molecule has 0 aliphatic carbocycles. The molecule has 0 aromatic heterocycles. The molecule has 20 heavy (non-hydrogen) atoms. The zero-order chi connectivity index (χ0) is 14.5. The van der Waals surface area contributed by atoms with Gasteiger partial charge in [0.15, 0.2) is 0 Å². The van der Waals surface area contributed by atoms with Crippen molar-refractivity contribution in [1.82, 2.24) is 0 Å². The number of nitro groups is 1. The summed E-state index contributed by atoms with van der Waals surface area (Å²) in [4.78, 5) is 21.0. The summed E-state index contributed by atoms with van der Waals surface area (Å²) in [5.74, 6) is -1.02. The fraction of sp³-hybridized carbons (Fsp3) is 0. The van der Waals surface area contributed by atoms with Crippen molar-refractivity contribution in [2.24, 2.45) is 0 Å². The summed E-state index contributed by atoms with van der Waals surface area (Å²) in [6, 6.07) is 13.4. The van der Waals surface area contributed by atoms with E-state index < -0.39 is 10.9 Å². The summed E-state index contributed by atoms with van der Waals surface area (Å²) in [5.41, 5.74) is 2.01. The van der Waals surface area contributed by atoms with Gasteiger partial charge in [0.25, 0.3) is 5.69 Å². The number of para-hydroxylation sites is 1. The molecule has 100 valence electrons. The second kappa shape index (κ2) is 5.79. The lowest BCUT2D eigenvalue weighted by atomic mass is 10.0. The summed E-state index contributed by atoms with van der Waals surface area (Å²) in [6.07, 6.45) is 2.51. The van der Waals surface area contributed by atoms with Crippen molar-refractivity contribution < 1.29 is 14.8 Å². The first-order valence-electron chi connectivity index (χ1n) is 5.83. The molecule has 2 aromatic rings. The Labute approximate surface area is 115 Å². The average molecular weight is 269 g/mol. The highest BCUT2D eigenvalue weighted by Gasteiger charge is 2.13. The van der Waals surface area contributed by atoms with E-state index in [1.165, 1.54) is 12.1 Å². The zero-order valence-corrected chi connectivity index (χ0v) is 10.4. The molecule has 2 aromatic carbocycles. The fourth-order valence-corrected chi connectivity index (χ4v) is 1.82. The van der Waals surface area contributed by atoms with Crippen LogP contribution in [0.1, 0.15) is 5.56 Å². The van der Waals surface area contributed by atoms with E-state index in [1.54, 1.807) is 42.5 Å². The molecule has 0 aliphatic heterocycles. The number of hydrogen-bond donors (Lipinski definition) is 1. The molecule has 0 saturated heterocycles.